The monoisotopic (exact) mass is 230 g/mol. The zero-order valence-corrected chi connectivity index (χ0v) is 9.08. The van der Waals surface area contributed by atoms with E-state index >= 15 is 0 Å². The first-order valence-corrected chi connectivity index (χ1v) is 5.51. The summed E-state index contributed by atoms with van der Waals surface area (Å²) in [7, 11) is -1.50. The Morgan fingerprint density at radius 2 is 2.12 bits per heavy atom. The Labute approximate surface area is 97.8 Å². The van der Waals surface area contributed by atoms with Crippen molar-refractivity contribution in [3.05, 3.63) is 24.4 Å². The van der Waals surface area contributed by atoms with Crippen molar-refractivity contribution in [3.63, 3.8) is 0 Å². The maximum Gasteiger partial charge on any atom is 0.489 e. The van der Waals surface area contributed by atoms with Crippen molar-refractivity contribution in [2.75, 3.05) is 0 Å². The molecule has 6 heteroatoms. The molecule has 5 nitrogen and oxygen atoms in total. The van der Waals surface area contributed by atoms with E-state index in [9.17, 15) is 14.8 Å². The molecule has 1 heterocycles. The van der Waals surface area contributed by atoms with Crippen LogP contribution in [0.4, 0.5) is 0 Å². The molecule has 0 saturated heterocycles. The second-order valence-corrected chi connectivity index (χ2v) is 4.36. The molecule has 17 heavy (non-hydrogen) atoms. The van der Waals surface area contributed by atoms with E-state index in [0.717, 1.165) is 10.9 Å². The summed E-state index contributed by atoms with van der Waals surface area (Å²) < 4.78 is 1.75. The minimum Gasteiger partial charge on any atom is -0.423 e. The lowest BCUT2D eigenvalue weighted by molar-refractivity contribution is -0.126. The molecule has 2 N–H and O–H groups in total. The minimum atomic E-state index is -1.50. The first-order chi connectivity index (χ1) is 8.15. The second-order valence-electron chi connectivity index (χ2n) is 4.36. The Kier molecular flexibility index (Phi) is 2.27. The molecule has 1 fully saturated rings. The molecule has 3 rings (SSSR count). The molecule has 1 saturated carbocycles. The minimum absolute atomic E-state index is 0.124. The van der Waals surface area contributed by atoms with Gasteiger partial charge in [0.2, 0.25) is 0 Å². The molecule has 0 unspecified atom stereocenters. The summed E-state index contributed by atoms with van der Waals surface area (Å²) in [6.07, 6.45) is 2.82. The standard InChI is InChI=1S/C11H11BN2O3/c15-8-4-7(5-8)14-6-9-10(12(16)17)2-1-3-11(9)13-14/h1-3,6-7,16-17H,4-5H2. The zero-order valence-electron chi connectivity index (χ0n) is 9.08. The van der Waals surface area contributed by atoms with Gasteiger partial charge in [0.1, 0.15) is 5.78 Å². The van der Waals surface area contributed by atoms with Crippen LogP contribution in [0.3, 0.4) is 0 Å². The molecule has 0 spiro atoms. The topological polar surface area (TPSA) is 75.4 Å². The van der Waals surface area contributed by atoms with Gasteiger partial charge >= 0.3 is 7.12 Å². The average Bonchev–Trinajstić information content (AvgIpc) is 2.66. The van der Waals surface area contributed by atoms with E-state index in [2.05, 4.69) is 5.10 Å². The molecular weight excluding hydrogens is 219 g/mol. The first kappa shape index (κ1) is 10.5. The predicted molar refractivity (Wildman–Crippen MR) is 62.8 cm³/mol. The third-order valence-electron chi connectivity index (χ3n) is 3.18. The van der Waals surface area contributed by atoms with E-state index in [4.69, 9.17) is 0 Å². The third kappa shape index (κ3) is 1.65. The molecule has 0 atom stereocenters. The number of carbonyl (C=O) groups is 1. The number of rotatable bonds is 2. The van der Waals surface area contributed by atoms with Crippen LogP contribution < -0.4 is 5.46 Å². The van der Waals surface area contributed by atoms with Crippen LogP contribution >= 0.6 is 0 Å². The number of hydrogen-bond donors (Lipinski definition) is 2. The van der Waals surface area contributed by atoms with E-state index in [1.165, 1.54) is 0 Å². The van der Waals surface area contributed by atoms with Crippen molar-refractivity contribution in [2.45, 2.75) is 18.9 Å². The van der Waals surface area contributed by atoms with E-state index in [-0.39, 0.29) is 11.8 Å². The fourth-order valence-corrected chi connectivity index (χ4v) is 2.15. The highest BCUT2D eigenvalue weighted by molar-refractivity contribution is 6.61. The van der Waals surface area contributed by atoms with Gasteiger partial charge in [-0.05, 0) is 11.5 Å². The number of aromatic nitrogens is 2. The second kappa shape index (κ2) is 3.68. The van der Waals surface area contributed by atoms with Crippen molar-refractivity contribution in [1.82, 2.24) is 9.78 Å². The summed E-state index contributed by atoms with van der Waals surface area (Å²) in [5.41, 5.74) is 1.16. The Hall–Kier alpha value is -1.66. The largest absolute Gasteiger partial charge is 0.489 e. The van der Waals surface area contributed by atoms with Crippen LogP contribution in [0.5, 0.6) is 0 Å². The van der Waals surface area contributed by atoms with Crippen molar-refractivity contribution >= 4 is 29.3 Å². The van der Waals surface area contributed by atoms with Crippen LogP contribution in [0.2, 0.25) is 0 Å². The first-order valence-electron chi connectivity index (χ1n) is 5.51. The Morgan fingerprint density at radius 1 is 1.35 bits per heavy atom. The molecule has 0 radical (unpaired) electrons. The lowest BCUT2D eigenvalue weighted by atomic mass is 9.78. The van der Waals surface area contributed by atoms with Crippen LogP contribution in [0.15, 0.2) is 24.4 Å². The highest BCUT2D eigenvalue weighted by Gasteiger charge is 2.29. The molecule has 0 aliphatic heterocycles. The highest BCUT2D eigenvalue weighted by atomic mass is 16.4. The van der Waals surface area contributed by atoms with Gasteiger partial charge in [0.05, 0.1) is 11.6 Å². The molecule has 1 aromatic heterocycles. The molecule has 2 aromatic rings. The zero-order chi connectivity index (χ0) is 12.0. The van der Waals surface area contributed by atoms with Gasteiger partial charge in [0.15, 0.2) is 0 Å². The number of carbonyl (C=O) groups excluding carboxylic acids is 1. The normalized spacial score (nSPS) is 16.2. The summed E-state index contributed by atoms with van der Waals surface area (Å²) >= 11 is 0. The van der Waals surface area contributed by atoms with E-state index in [1.807, 2.05) is 6.07 Å². The summed E-state index contributed by atoms with van der Waals surface area (Å²) in [5.74, 6) is 0.247. The number of ketones is 1. The highest BCUT2D eigenvalue weighted by Crippen LogP contribution is 2.28. The number of hydrogen-bond acceptors (Lipinski definition) is 4. The van der Waals surface area contributed by atoms with Crippen LogP contribution in [-0.2, 0) is 4.79 Å². The Bertz CT molecular complexity index is 585. The summed E-state index contributed by atoms with van der Waals surface area (Å²) in [5, 5.41) is 23.6. The number of nitrogens with zero attached hydrogens (tertiary/aromatic N) is 2. The van der Waals surface area contributed by atoms with Crippen LogP contribution in [0.1, 0.15) is 18.9 Å². The molecular formula is C11H11BN2O3. The van der Waals surface area contributed by atoms with Crippen molar-refractivity contribution < 1.29 is 14.8 Å². The van der Waals surface area contributed by atoms with Gasteiger partial charge < -0.3 is 10.0 Å². The quantitative estimate of drug-likeness (QED) is 0.689. The van der Waals surface area contributed by atoms with Gasteiger partial charge in [0.25, 0.3) is 0 Å². The average molecular weight is 230 g/mol. The van der Waals surface area contributed by atoms with Crippen LogP contribution in [0, 0.1) is 0 Å². The number of Topliss-reactive ketones (excluding diaryl/α,β-unsaturated/α-hetero) is 1. The molecule has 0 bridgehead atoms. The molecule has 86 valence electrons. The van der Waals surface area contributed by atoms with Gasteiger partial charge in [-0.2, -0.15) is 5.10 Å². The van der Waals surface area contributed by atoms with Crippen molar-refractivity contribution in [2.24, 2.45) is 0 Å². The molecule has 1 aromatic carbocycles. The maximum absolute atomic E-state index is 11.0. The van der Waals surface area contributed by atoms with Gasteiger partial charge in [0, 0.05) is 24.4 Å². The van der Waals surface area contributed by atoms with Gasteiger partial charge in [-0.1, -0.05) is 12.1 Å². The maximum atomic E-state index is 11.0. The predicted octanol–water partition coefficient (Wildman–Crippen LogP) is -0.380. The molecule has 1 aliphatic carbocycles. The van der Waals surface area contributed by atoms with E-state index in [0.29, 0.717) is 18.3 Å². The van der Waals surface area contributed by atoms with Crippen molar-refractivity contribution in [3.8, 4) is 0 Å². The summed E-state index contributed by atoms with van der Waals surface area (Å²) in [4.78, 5) is 11.0. The van der Waals surface area contributed by atoms with E-state index in [1.54, 1.807) is 23.0 Å². The van der Waals surface area contributed by atoms with Crippen molar-refractivity contribution in [1.29, 1.82) is 0 Å². The number of benzene rings is 1. The SMILES string of the molecule is O=C1CC(n2cc3c(B(O)O)cccc3n2)C1. The summed E-state index contributed by atoms with van der Waals surface area (Å²) in [6, 6.07) is 5.34. The molecule has 0 amide bonds. The third-order valence-corrected chi connectivity index (χ3v) is 3.18. The van der Waals surface area contributed by atoms with E-state index < -0.39 is 7.12 Å². The summed E-state index contributed by atoms with van der Waals surface area (Å²) in [6.45, 7) is 0. The lowest BCUT2D eigenvalue weighted by Gasteiger charge is -2.23. The van der Waals surface area contributed by atoms with Crippen LogP contribution in [0.25, 0.3) is 10.9 Å². The fraction of sp³-hybridized carbons (Fsp3) is 0.273. The smallest absolute Gasteiger partial charge is 0.423 e. The van der Waals surface area contributed by atoms with Gasteiger partial charge in [-0.15, -0.1) is 0 Å². The van der Waals surface area contributed by atoms with Gasteiger partial charge in [-0.25, -0.2) is 0 Å². The van der Waals surface area contributed by atoms with Gasteiger partial charge in [-0.3, -0.25) is 9.48 Å². The lowest BCUT2D eigenvalue weighted by Crippen LogP contribution is -2.30. The fourth-order valence-electron chi connectivity index (χ4n) is 2.15. The Balaban J connectivity index is 2.06. The number of fused-ring (bicyclic) bond motifs is 1. The van der Waals surface area contributed by atoms with Crippen LogP contribution in [-0.4, -0.2) is 32.7 Å². The Morgan fingerprint density at radius 3 is 2.76 bits per heavy atom. The molecule has 1 aliphatic rings.